The number of benzene rings is 2. The van der Waals surface area contributed by atoms with Crippen LogP contribution in [0.25, 0.3) is 11.3 Å². The van der Waals surface area contributed by atoms with Gasteiger partial charge in [-0.2, -0.15) is 0 Å². The Morgan fingerprint density at radius 1 is 1.08 bits per heavy atom. The van der Waals surface area contributed by atoms with E-state index < -0.39 is 17.4 Å². The van der Waals surface area contributed by atoms with Crippen LogP contribution >= 0.6 is 22.6 Å². The molecule has 2 aromatic rings. The summed E-state index contributed by atoms with van der Waals surface area (Å²) in [6.45, 7) is 11.0. The van der Waals surface area contributed by atoms with Crippen molar-refractivity contribution in [1.82, 2.24) is 0 Å². The third-order valence-electron chi connectivity index (χ3n) is 3.86. The smallest absolute Gasteiger partial charge is 0.242 e. The molecular formula is C20H25INO2Si2. The molecule has 3 nitrogen and oxygen atoms in total. The van der Waals surface area contributed by atoms with Gasteiger partial charge in [0.2, 0.25) is 17.4 Å². The highest BCUT2D eigenvalue weighted by Crippen LogP contribution is 2.42. The highest BCUT2D eigenvalue weighted by Gasteiger charge is 2.33. The van der Waals surface area contributed by atoms with E-state index in [2.05, 4.69) is 103 Å². The fourth-order valence-electron chi connectivity index (χ4n) is 2.96. The topological polar surface area (TPSA) is 30.5 Å². The van der Waals surface area contributed by atoms with E-state index in [1.807, 2.05) is 6.07 Å². The first-order valence-electron chi connectivity index (χ1n) is 8.76. The van der Waals surface area contributed by atoms with Gasteiger partial charge in [-0.25, -0.2) is 0 Å². The fourth-order valence-corrected chi connectivity index (χ4v) is 4.94. The van der Waals surface area contributed by atoms with Gasteiger partial charge in [-0.3, -0.25) is 0 Å². The second-order valence-electron chi connectivity index (χ2n) is 7.56. The molecule has 0 bridgehead atoms. The summed E-state index contributed by atoms with van der Waals surface area (Å²) in [5.41, 5.74) is 4.52. The van der Waals surface area contributed by atoms with Crippen molar-refractivity contribution >= 4 is 57.0 Å². The van der Waals surface area contributed by atoms with Crippen LogP contribution in [0.4, 0.5) is 5.69 Å². The molecule has 1 N–H and O–H groups in total. The molecule has 1 aliphatic rings. The van der Waals surface area contributed by atoms with Crippen molar-refractivity contribution in [2.24, 2.45) is 0 Å². The average Bonchev–Trinajstić information content (AvgIpc) is 2.88. The highest BCUT2D eigenvalue weighted by molar-refractivity contribution is 14.1. The largest absolute Gasteiger partial charge is 0.544 e. The van der Waals surface area contributed by atoms with Crippen LogP contribution in [0.15, 0.2) is 48.5 Å². The molecule has 1 unspecified atom stereocenters. The first kappa shape index (κ1) is 19.7. The minimum absolute atomic E-state index is 0.168. The number of fused-ring (bicyclic) bond motifs is 1. The van der Waals surface area contributed by atoms with E-state index in [1.54, 1.807) is 0 Å². The molecule has 6 heteroatoms. The maximum atomic E-state index is 6.61. The number of anilines is 1. The van der Waals surface area contributed by atoms with Crippen LogP contribution in [0.2, 0.25) is 32.7 Å². The standard InChI is InChI=1S/C20H25INO2Si2/c1-25(2)23-20-18(16-12-11-15(21)13-17(16)22-20)19(24-26(3,4)5)14-9-7-6-8-10-14/h6-13,20,22H,1-5H3/b19-18+. The monoisotopic (exact) mass is 494 g/mol. The summed E-state index contributed by atoms with van der Waals surface area (Å²) in [6, 6.07) is 16.9. The third kappa shape index (κ3) is 4.59. The van der Waals surface area contributed by atoms with Crippen molar-refractivity contribution in [2.45, 2.75) is 39.0 Å². The molecule has 2 aromatic carbocycles. The third-order valence-corrected chi connectivity index (χ3v) is 6.06. The van der Waals surface area contributed by atoms with Gasteiger partial charge in [-0.15, -0.1) is 0 Å². The zero-order valence-corrected chi connectivity index (χ0v) is 20.0. The summed E-state index contributed by atoms with van der Waals surface area (Å²) in [4.78, 5) is 0. The zero-order chi connectivity index (χ0) is 18.9. The number of halogens is 1. The van der Waals surface area contributed by atoms with Crippen molar-refractivity contribution in [2.75, 3.05) is 5.32 Å². The Balaban J connectivity index is 2.22. The molecule has 1 aliphatic heterocycles. The first-order chi connectivity index (χ1) is 12.2. The van der Waals surface area contributed by atoms with Gasteiger partial charge in [0.1, 0.15) is 12.0 Å². The van der Waals surface area contributed by atoms with Gasteiger partial charge < -0.3 is 14.2 Å². The van der Waals surface area contributed by atoms with E-state index in [0.29, 0.717) is 0 Å². The van der Waals surface area contributed by atoms with Gasteiger partial charge >= 0.3 is 0 Å². The second-order valence-corrected chi connectivity index (χ2v) is 15.3. The average molecular weight is 495 g/mol. The lowest BCUT2D eigenvalue weighted by molar-refractivity contribution is 0.296. The van der Waals surface area contributed by atoms with Gasteiger partial charge in [-0.05, 0) is 67.5 Å². The van der Waals surface area contributed by atoms with Crippen LogP contribution in [0, 0.1) is 3.57 Å². The van der Waals surface area contributed by atoms with Crippen LogP contribution in [-0.4, -0.2) is 23.6 Å². The molecule has 1 radical (unpaired) electrons. The van der Waals surface area contributed by atoms with Gasteiger partial charge in [0.25, 0.3) is 0 Å². The fraction of sp³-hybridized carbons (Fsp3) is 0.300. The first-order valence-corrected chi connectivity index (χ1v) is 15.7. The quantitative estimate of drug-likeness (QED) is 0.313. The maximum absolute atomic E-state index is 6.61. The molecule has 0 fully saturated rings. The molecule has 0 spiro atoms. The van der Waals surface area contributed by atoms with E-state index in [4.69, 9.17) is 8.85 Å². The Morgan fingerprint density at radius 3 is 2.38 bits per heavy atom. The van der Waals surface area contributed by atoms with E-state index in [9.17, 15) is 0 Å². The van der Waals surface area contributed by atoms with E-state index in [1.165, 1.54) is 9.13 Å². The SMILES string of the molecule is C[Si](C)OC1Nc2cc(I)ccc2/C1=C(\O[Si](C)(C)C)c1ccccc1. The molecule has 0 amide bonds. The highest BCUT2D eigenvalue weighted by atomic mass is 127. The van der Waals surface area contributed by atoms with Gasteiger partial charge in [0, 0.05) is 20.4 Å². The minimum atomic E-state index is -1.81. The lowest BCUT2D eigenvalue weighted by Gasteiger charge is -2.26. The van der Waals surface area contributed by atoms with Crippen LogP contribution < -0.4 is 5.32 Å². The normalized spacial score (nSPS) is 18.5. The molecule has 0 saturated carbocycles. The van der Waals surface area contributed by atoms with Gasteiger partial charge in [-0.1, -0.05) is 36.4 Å². The Morgan fingerprint density at radius 2 is 1.77 bits per heavy atom. The maximum Gasteiger partial charge on any atom is 0.242 e. The predicted octanol–water partition coefficient (Wildman–Crippen LogP) is 6.03. The summed E-state index contributed by atoms with van der Waals surface area (Å²) in [6.07, 6.45) is -0.168. The number of hydrogen-bond donors (Lipinski definition) is 1. The van der Waals surface area contributed by atoms with Crippen molar-refractivity contribution in [1.29, 1.82) is 0 Å². The molecule has 1 atom stereocenters. The molecule has 0 aromatic heterocycles. The Bertz CT molecular complexity index is 816. The Kier molecular flexibility index (Phi) is 5.95. The van der Waals surface area contributed by atoms with E-state index in [-0.39, 0.29) is 6.23 Å². The lowest BCUT2D eigenvalue weighted by Crippen LogP contribution is -2.29. The van der Waals surface area contributed by atoms with Crippen LogP contribution in [0.3, 0.4) is 0 Å². The summed E-state index contributed by atoms with van der Waals surface area (Å²) in [7, 11) is -2.68. The van der Waals surface area contributed by atoms with Gasteiger partial charge in [0.05, 0.1) is 5.57 Å². The van der Waals surface area contributed by atoms with Crippen LogP contribution in [0.1, 0.15) is 11.1 Å². The molecule has 0 aliphatic carbocycles. The Hall–Kier alpha value is -1.10. The summed E-state index contributed by atoms with van der Waals surface area (Å²) < 4.78 is 14.2. The minimum Gasteiger partial charge on any atom is -0.544 e. The molecule has 0 saturated heterocycles. The number of rotatable bonds is 5. The zero-order valence-electron chi connectivity index (χ0n) is 15.9. The number of hydrogen-bond acceptors (Lipinski definition) is 3. The molecule has 3 rings (SSSR count). The van der Waals surface area contributed by atoms with E-state index in [0.717, 1.165) is 22.6 Å². The lowest BCUT2D eigenvalue weighted by atomic mass is 10.0. The molecule has 1 heterocycles. The van der Waals surface area contributed by atoms with E-state index >= 15 is 0 Å². The Labute approximate surface area is 172 Å². The van der Waals surface area contributed by atoms with Gasteiger partial charge in [0.15, 0.2) is 0 Å². The van der Waals surface area contributed by atoms with Crippen molar-refractivity contribution in [3.8, 4) is 0 Å². The number of nitrogens with one attached hydrogen (secondary N) is 1. The summed E-state index contributed by atoms with van der Waals surface area (Å²) in [5, 5.41) is 3.57. The van der Waals surface area contributed by atoms with Crippen molar-refractivity contribution in [3.05, 3.63) is 63.2 Å². The second kappa shape index (κ2) is 7.88. The van der Waals surface area contributed by atoms with Crippen LogP contribution in [0.5, 0.6) is 0 Å². The summed E-state index contributed by atoms with van der Waals surface area (Å²) >= 11 is 2.35. The predicted molar refractivity (Wildman–Crippen MR) is 123 cm³/mol. The molecule has 26 heavy (non-hydrogen) atoms. The molecule has 137 valence electrons. The van der Waals surface area contributed by atoms with Crippen molar-refractivity contribution < 1.29 is 8.85 Å². The summed E-state index contributed by atoms with van der Waals surface area (Å²) in [5.74, 6) is 0.950. The molecular weight excluding hydrogens is 469 g/mol. The van der Waals surface area contributed by atoms with Crippen LogP contribution in [-0.2, 0) is 8.85 Å². The van der Waals surface area contributed by atoms with Crippen molar-refractivity contribution in [3.63, 3.8) is 0 Å².